The molecule has 1 aliphatic heterocycles. The Hall–Kier alpha value is -4.64. The summed E-state index contributed by atoms with van der Waals surface area (Å²) in [7, 11) is 0. The Balaban J connectivity index is 1.33. The van der Waals surface area contributed by atoms with Crippen LogP contribution < -0.4 is 15.8 Å². The highest BCUT2D eigenvalue weighted by molar-refractivity contribution is 7.15. The second-order valence-corrected chi connectivity index (χ2v) is 8.52. The van der Waals surface area contributed by atoms with Crippen molar-refractivity contribution in [3.05, 3.63) is 92.8 Å². The summed E-state index contributed by atoms with van der Waals surface area (Å²) < 4.78 is 6.67. The minimum absolute atomic E-state index is 0.0757. The van der Waals surface area contributed by atoms with E-state index in [1.54, 1.807) is 35.8 Å². The number of nitrogens with zero attached hydrogens (tertiary/aromatic N) is 3. The Morgan fingerprint density at radius 1 is 1.00 bits per heavy atom. The van der Waals surface area contributed by atoms with E-state index in [0.29, 0.717) is 22.0 Å². The zero-order valence-corrected chi connectivity index (χ0v) is 19.0. The second kappa shape index (κ2) is 8.61. The number of ether oxygens (including phenoxy) is 1. The van der Waals surface area contributed by atoms with Crippen molar-refractivity contribution < 1.29 is 23.9 Å². The van der Waals surface area contributed by atoms with Crippen LogP contribution in [0.1, 0.15) is 43.7 Å². The lowest BCUT2D eigenvalue weighted by atomic mass is 10.1. The Morgan fingerprint density at radius 3 is 2.49 bits per heavy atom. The number of imide groups is 1. The third-order valence-corrected chi connectivity index (χ3v) is 6.03. The van der Waals surface area contributed by atoms with Crippen molar-refractivity contribution >= 4 is 51.4 Å². The van der Waals surface area contributed by atoms with Crippen LogP contribution in [0.4, 0.5) is 11.4 Å². The van der Waals surface area contributed by atoms with Crippen LogP contribution in [0.2, 0.25) is 0 Å². The van der Waals surface area contributed by atoms with Gasteiger partial charge in [-0.25, -0.2) is 14.7 Å². The lowest BCUT2D eigenvalue weighted by molar-refractivity contribution is -0.114. The van der Waals surface area contributed by atoms with Gasteiger partial charge in [-0.2, -0.15) is 0 Å². The van der Waals surface area contributed by atoms with Gasteiger partial charge in [0.25, 0.3) is 17.4 Å². The summed E-state index contributed by atoms with van der Waals surface area (Å²) in [4.78, 5) is 67.5. The Morgan fingerprint density at radius 2 is 1.74 bits per heavy atom. The van der Waals surface area contributed by atoms with E-state index in [0.717, 1.165) is 4.90 Å². The van der Waals surface area contributed by atoms with E-state index in [9.17, 15) is 24.0 Å². The topological polar surface area (TPSA) is 127 Å². The number of nitrogens with one attached hydrogen (secondary N) is 1. The molecule has 4 aromatic rings. The summed E-state index contributed by atoms with van der Waals surface area (Å²) in [6.07, 6.45) is 1.61. The zero-order chi connectivity index (χ0) is 24.7. The molecule has 3 amide bonds. The molecule has 2 aromatic heterocycles. The molecule has 0 unspecified atom stereocenters. The molecule has 0 bridgehead atoms. The molecule has 1 N–H and O–H groups in total. The number of anilines is 2. The number of fused-ring (bicyclic) bond motifs is 2. The molecule has 0 saturated carbocycles. The van der Waals surface area contributed by atoms with E-state index in [1.165, 1.54) is 46.9 Å². The molecule has 5 rings (SSSR count). The quantitative estimate of drug-likeness (QED) is 0.338. The number of amides is 3. The van der Waals surface area contributed by atoms with Crippen molar-refractivity contribution in [3.8, 4) is 0 Å². The summed E-state index contributed by atoms with van der Waals surface area (Å²) in [5, 5.41) is 4.34. The Labute approximate surface area is 201 Å². The fourth-order valence-electron chi connectivity index (χ4n) is 3.68. The number of rotatable bonds is 5. The highest BCUT2D eigenvalue weighted by atomic mass is 32.1. The SMILES string of the molecule is CC(=O)Nc1ccc(N2C(=O)c3ccc(C(=O)OCc4cc(=O)n5ccsc5n4)cc3C2=O)cc1. The van der Waals surface area contributed by atoms with Gasteiger partial charge in [-0.15, -0.1) is 11.3 Å². The van der Waals surface area contributed by atoms with Crippen LogP contribution in [-0.2, 0) is 16.1 Å². The van der Waals surface area contributed by atoms with E-state index in [1.807, 2.05) is 0 Å². The monoisotopic (exact) mass is 488 g/mol. The lowest BCUT2D eigenvalue weighted by Crippen LogP contribution is -2.29. The Bertz CT molecular complexity index is 1590. The zero-order valence-electron chi connectivity index (χ0n) is 18.2. The summed E-state index contributed by atoms with van der Waals surface area (Å²) >= 11 is 1.28. The number of hydrogen-bond acceptors (Lipinski definition) is 8. The molecule has 0 spiro atoms. The molecular weight excluding hydrogens is 472 g/mol. The molecule has 174 valence electrons. The number of benzene rings is 2. The van der Waals surface area contributed by atoms with Crippen LogP contribution in [-0.4, -0.2) is 33.1 Å². The van der Waals surface area contributed by atoms with Crippen molar-refractivity contribution in [1.82, 2.24) is 9.38 Å². The van der Waals surface area contributed by atoms with E-state index >= 15 is 0 Å². The molecule has 0 radical (unpaired) electrons. The predicted octanol–water partition coefficient (Wildman–Crippen LogP) is 2.87. The van der Waals surface area contributed by atoms with Gasteiger partial charge in [0.15, 0.2) is 4.96 Å². The van der Waals surface area contributed by atoms with Crippen LogP contribution in [0.3, 0.4) is 0 Å². The lowest BCUT2D eigenvalue weighted by Gasteiger charge is -2.14. The molecule has 35 heavy (non-hydrogen) atoms. The highest BCUT2D eigenvalue weighted by Crippen LogP contribution is 2.30. The maximum absolute atomic E-state index is 13.0. The van der Waals surface area contributed by atoms with Gasteiger partial charge < -0.3 is 10.1 Å². The third-order valence-electron chi connectivity index (χ3n) is 5.28. The molecule has 10 nitrogen and oxygen atoms in total. The van der Waals surface area contributed by atoms with Crippen LogP contribution in [0.15, 0.2) is 64.9 Å². The number of esters is 1. The normalized spacial score (nSPS) is 12.7. The molecule has 11 heteroatoms. The minimum atomic E-state index is -0.723. The fourth-order valence-corrected chi connectivity index (χ4v) is 4.42. The smallest absolute Gasteiger partial charge is 0.338 e. The average Bonchev–Trinajstić information content (AvgIpc) is 3.41. The fraction of sp³-hybridized carbons (Fsp3) is 0.0833. The first-order valence-electron chi connectivity index (χ1n) is 10.4. The molecule has 1 aliphatic rings. The molecule has 2 aromatic carbocycles. The first kappa shape index (κ1) is 22.2. The minimum Gasteiger partial charge on any atom is -0.456 e. The molecule has 0 aliphatic carbocycles. The van der Waals surface area contributed by atoms with Gasteiger partial charge in [-0.3, -0.25) is 23.6 Å². The second-order valence-electron chi connectivity index (χ2n) is 7.65. The van der Waals surface area contributed by atoms with Crippen LogP contribution in [0.5, 0.6) is 0 Å². The van der Waals surface area contributed by atoms with Crippen molar-refractivity contribution in [2.45, 2.75) is 13.5 Å². The van der Waals surface area contributed by atoms with Crippen molar-refractivity contribution in [2.75, 3.05) is 10.2 Å². The molecular formula is C24H16N4O6S. The maximum atomic E-state index is 13.0. The third kappa shape index (κ3) is 4.08. The van der Waals surface area contributed by atoms with Crippen LogP contribution in [0.25, 0.3) is 4.96 Å². The largest absolute Gasteiger partial charge is 0.456 e. The summed E-state index contributed by atoms with van der Waals surface area (Å²) in [5.74, 6) is -2.07. The van der Waals surface area contributed by atoms with Gasteiger partial charge in [0.05, 0.1) is 28.1 Å². The summed E-state index contributed by atoms with van der Waals surface area (Å²) in [6, 6.07) is 11.7. The molecule has 0 saturated heterocycles. The van der Waals surface area contributed by atoms with Gasteiger partial charge in [0.2, 0.25) is 5.91 Å². The number of aromatic nitrogens is 2. The van der Waals surface area contributed by atoms with E-state index < -0.39 is 17.8 Å². The number of thiazole rings is 1. The van der Waals surface area contributed by atoms with Crippen LogP contribution >= 0.6 is 11.3 Å². The summed E-state index contributed by atoms with van der Waals surface area (Å²) in [6.45, 7) is 1.15. The number of hydrogen-bond donors (Lipinski definition) is 1. The van der Waals surface area contributed by atoms with Gasteiger partial charge >= 0.3 is 5.97 Å². The molecule has 0 atom stereocenters. The Kier molecular flexibility index (Phi) is 5.46. The van der Waals surface area contributed by atoms with Gasteiger partial charge in [-0.05, 0) is 42.5 Å². The van der Waals surface area contributed by atoms with Crippen molar-refractivity contribution in [3.63, 3.8) is 0 Å². The number of carbonyl (C=O) groups excluding carboxylic acids is 4. The van der Waals surface area contributed by atoms with Crippen molar-refractivity contribution in [2.24, 2.45) is 0 Å². The summed E-state index contributed by atoms with van der Waals surface area (Å²) in [5.41, 5.74) is 1.19. The van der Waals surface area contributed by atoms with E-state index in [-0.39, 0.29) is 34.8 Å². The van der Waals surface area contributed by atoms with Crippen molar-refractivity contribution in [1.29, 1.82) is 0 Å². The maximum Gasteiger partial charge on any atom is 0.338 e. The molecule has 3 heterocycles. The highest BCUT2D eigenvalue weighted by Gasteiger charge is 2.37. The first-order valence-corrected chi connectivity index (χ1v) is 11.2. The first-order chi connectivity index (χ1) is 16.8. The predicted molar refractivity (Wildman–Crippen MR) is 127 cm³/mol. The van der Waals surface area contributed by atoms with Gasteiger partial charge in [0.1, 0.15) is 6.61 Å². The van der Waals surface area contributed by atoms with Gasteiger partial charge in [-0.1, -0.05) is 0 Å². The average molecular weight is 488 g/mol. The van der Waals surface area contributed by atoms with E-state index in [2.05, 4.69) is 10.3 Å². The standard InChI is InChI=1S/C24H16N4O6S/c1-13(29)25-15-3-5-17(6-4-15)28-21(31)18-7-2-14(10-19(18)22(28)32)23(33)34-12-16-11-20(30)27-8-9-35-24(27)26-16/h2-11H,12H2,1H3,(H,25,29). The van der Waals surface area contributed by atoms with E-state index in [4.69, 9.17) is 4.74 Å². The van der Waals surface area contributed by atoms with Crippen LogP contribution in [0, 0.1) is 0 Å². The molecule has 0 fully saturated rings. The van der Waals surface area contributed by atoms with Gasteiger partial charge in [0, 0.05) is 30.3 Å². The number of carbonyl (C=O) groups is 4.